The van der Waals surface area contributed by atoms with E-state index in [1.54, 1.807) is 7.11 Å². The van der Waals surface area contributed by atoms with E-state index in [1.165, 1.54) is 5.69 Å². The van der Waals surface area contributed by atoms with Gasteiger partial charge in [0.1, 0.15) is 5.75 Å². The molecule has 0 radical (unpaired) electrons. The first kappa shape index (κ1) is 16.9. The molecule has 1 aromatic rings. The van der Waals surface area contributed by atoms with Crippen molar-refractivity contribution in [1.82, 2.24) is 10.2 Å². The van der Waals surface area contributed by atoms with Crippen LogP contribution in [0.3, 0.4) is 0 Å². The van der Waals surface area contributed by atoms with Crippen molar-refractivity contribution >= 4 is 24.0 Å². The fourth-order valence-electron chi connectivity index (χ4n) is 3.11. The number of rotatable bonds is 3. The van der Waals surface area contributed by atoms with Crippen LogP contribution in [-0.2, 0) is 4.79 Å². The molecule has 1 N–H and O–H groups in total. The lowest BCUT2D eigenvalue weighted by atomic mass is 10.1. The van der Waals surface area contributed by atoms with E-state index >= 15 is 0 Å². The normalized spacial score (nSPS) is 21.4. The molecule has 0 saturated carbocycles. The molecule has 1 aromatic carbocycles. The molecule has 0 spiro atoms. The number of halogens is 1. The summed E-state index contributed by atoms with van der Waals surface area (Å²) < 4.78 is 5.27. The number of ether oxygens (including phenoxy) is 1. The molecular weight excluding hydrogens is 302 g/mol. The maximum Gasteiger partial charge on any atom is 0.239 e. The second kappa shape index (κ2) is 7.70. The molecule has 6 heteroatoms. The standard InChI is InChI=1S/C16H23N3O2.ClH/c1-21-14-5-2-4-13(12-14)18-8-10-19(11-9-18)16(20)15-6-3-7-17-15;/h2,4-5,12,15,17H,3,6-11H2,1H3;1H. The molecule has 3 rings (SSSR count). The number of carbonyl (C=O) groups is 1. The van der Waals surface area contributed by atoms with Gasteiger partial charge < -0.3 is 19.9 Å². The van der Waals surface area contributed by atoms with Gasteiger partial charge in [0.25, 0.3) is 0 Å². The van der Waals surface area contributed by atoms with Crippen molar-refractivity contribution in [3.05, 3.63) is 24.3 Å². The number of benzene rings is 1. The molecule has 2 saturated heterocycles. The molecule has 1 amide bonds. The quantitative estimate of drug-likeness (QED) is 0.915. The lowest BCUT2D eigenvalue weighted by Gasteiger charge is -2.37. The molecular formula is C16H24ClN3O2. The third-order valence-electron chi connectivity index (χ3n) is 4.37. The Morgan fingerprint density at radius 3 is 2.68 bits per heavy atom. The summed E-state index contributed by atoms with van der Waals surface area (Å²) in [6.07, 6.45) is 2.09. The van der Waals surface area contributed by atoms with Crippen molar-refractivity contribution in [2.24, 2.45) is 0 Å². The second-order valence-electron chi connectivity index (χ2n) is 5.66. The van der Waals surface area contributed by atoms with Gasteiger partial charge in [-0.2, -0.15) is 0 Å². The van der Waals surface area contributed by atoms with E-state index in [9.17, 15) is 4.79 Å². The summed E-state index contributed by atoms with van der Waals surface area (Å²) in [5.74, 6) is 1.15. The summed E-state index contributed by atoms with van der Waals surface area (Å²) in [4.78, 5) is 16.7. The zero-order valence-corrected chi connectivity index (χ0v) is 13.8. The van der Waals surface area contributed by atoms with E-state index in [0.29, 0.717) is 0 Å². The van der Waals surface area contributed by atoms with Crippen molar-refractivity contribution in [1.29, 1.82) is 0 Å². The number of nitrogens with zero attached hydrogens (tertiary/aromatic N) is 2. The second-order valence-corrected chi connectivity index (χ2v) is 5.66. The minimum Gasteiger partial charge on any atom is -0.497 e. The zero-order valence-electron chi connectivity index (χ0n) is 13.0. The number of methoxy groups -OCH3 is 1. The smallest absolute Gasteiger partial charge is 0.239 e. The monoisotopic (exact) mass is 325 g/mol. The Hall–Kier alpha value is -1.46. The Morgan fingerprint density at radius 2 is 2.05 bits per heavy atom. The highest BCUT2D eigenvalue weighted by molar-refractivity contribution is 5.85. The van der Waals surface area contributed by atoms with Crippen LogP contribution in [0.4, 0.5) is 5.69 Å². The Morgan fingerprint density at radius 1 is 1.27 bits per heavy atom. The Kier molecular flexibility index (Phi) is 5.91. The molecule has 1 atom stereocenters. The Labute approximate surface area is 138 Å². The maximum atomic E-state index is 12.4. The SMILES string of the molecule is COc1cccc(N2CCN(C(=O)C3CCCN3)CC2)c1.Cl. The predicted molar refractivity (Wildman–Crippen MR) is 90.1 cm³/mol. The first-order valence-electron chi connectivity index (χ1n) is 7.69. The average Bonchev–Trinajstić information content (AvgIpc) is 3.09. The van der Waals surface area contributed by atoms with Gasteiger partial charge in [0.2, 0.25) is 5.91 Å². The minimum atomic E-state index is 0. The first-order valence-corrected chi connectivity index (χ1v) is 7.69. The maximum absolute atomic E-state index is 12.4. The van der Waals surface area contributed by atoms with Crippen molar-refractivity contribution in [3.63, 3.8) is 0 Å². The number of amides is 1. The van der Waals surface area contributed by atoms with E-state index in [4.69, 9.17) is 4.74 Å². The number of piperazine rings is 1. The average molecular weight is 326 g/mol. The van der Waals surface area contributed by atoms with Gasteiger partial charge in [-0.15, -0.1) is 12.4 Å². The van der Waals surface area contributed by atoms with Gasteiger partial charge in [0, 0.05) is 37.9 Å². The van der Waals surface area contributed by atoms with Gasteiger partial charge in [-0.3, -0.25) is 4.79 Å². The van der Waals surface area contributed by atoms with Crippen LogP contribution in [0.5, 0.6) is 5.75 Å². The number of nitrogens with one attached hydrogen (secondary N) is 1. The van der Waals surface area contributed by atoms with Crippen LogP contribution < -0.4 is 15.0 Å². The topological polar surface area (TPSA) is 44.8 Å². The summed E-state index contributed by atoms with van der Waals surface area (Å²) >= 11 is 0. The number of anilines is 1. The van der Waals surface area contributed by atoms with Crippen molar-refractivity contribution in [3.8, 4) is 5.75 Å². The fraction of sp³-hybridized carbons (Fsp3) is 0.562. The van der Waals surface area contributed by atoms with Crippen LogP contribution in [-0.4, -0.2) is 56.7 Å². The van der Waals surface area contributed by atoms with Crippen LogP contribution in [0.2, 0.25) is 0 Å². The van der Waals surface area contributed by atoms with E-state index in [1.807, 2.05) is 17.0 Å². The predicted octanol–water partition coefficient (Wildman–Crippen LogP) is 1.52. The van der Waals surface area contributed by atoms with Crippen LogP contribution in [0.25, 0.3) is 0 Å². The third-order valence-corrected chi connectivity index (χ3v) is 4.37. The molecule has 2 heterocycles. The molecule has 22 heavy (non-hydrogen) atoms. The molecule has 5 nitrogen and oxygen atoms in total. The van der Waals surface area contributed by atoms with E-state index in [2.05, 4.69) is 22.3 Å². The van der Waals surface area contributed by atoms with Gasteiger partial charge in [-0.1, -0.05) is 6.07 Å². The summed E-state index contributed by atoms with van der Waals surface area (Å²) in [7, 11) is 1.68. The number of hydrogen-bond donors (Lipinski definition) is 1. The van der Waals surface area contributed by atoms with Crippen LogP contribution in [0, 0.1) is 0 Å². The van der Waals surface area contributed by atoms with Crippen molar-refractivity contribution < 1.29 is 9.53 Å². The summed E-state index contributed by atoms with van der Waals surface area (Å²) in [5, 5.41) is 3.29. The van der Waals surface area contributed by atoms with Crippen molar-refractivity contribution in [2.75, 3.05) is 44.7 Å². The summed E-state index contributed by atoms with van der Waals surface area (Å²) in [6.45, 7) is 4.33. The summed E-state index contributed by atoms with van der Waals surface area (Å²) in [6, 6.07) is 8.16. The van der Waals surface area contributed by atoms with Gasteiger partial charge in [0.05, 0.1) is 13.2 Å². The Balaban J connectivity index is 0.00000176. The van der Waals surface area contributed by atoms with Gasteiger partial charge >= 0.3 is 0 Å². The first-order chi connectivity index (χ1) is 10.3. The lowest BCUT2D eigenvalue weighted by molar-refractivity contribution is -0.133. The number of carbonyl (C=O) groups excluding carboxylic acids is 1. The largest absolute Gasteiger partial charge is 0.497 e. The molecule has 0 aliphatic carbocycles. The van der Waals surface area contributed by atoms with Gasteiger partial charge in [-0.25, -0.2) is 0 Å². The van der Waals surface area contributed by atoms with Crippen LogP contribution in [0.15, 0.2) is 24.3 Å². The third kappa shape index (κ3) is 3.65. The fourth-order valence-corrected chi connectivity index (χ4v) is 3.11. The van der Waals surface area contributed by atoms with Gasteiger partial charge in [-0.05, 0) is 31.5 Å². The summed E-state index contributed by atoms with van der Waals surface area (Å²) in [5.41, 5.74) is 1.17. The molecule has 2 aliphatic rings. The lowest BCUT2D eigenvalue weighted by Crippen LogP contribution is -2.53. The van der Waals surface area contributed by atoms with Crippen LogP contribution >= 0.6 is 12.4 Å². The highest BCUT2D eigenvalue weighted by Crippen LogP contribution is 2.22. The van der Waals surface area contributed by atoms with Crippen molar-refractivity contribution in [2.45, 2.75) is 18.9 Å². The minimum absolute atomic E-state index is 0. The van der Waals surface area contributed by atoms with E-state index < -0.39 is 0 Å². The van der Waals surface area contributed by atoms with Gasteiger partial charge in [0.15, 0.2) is 0 Å². The molecule has 2 aliphatic heterocycles. The molecule has 122 valence electrons. The molecule has 0 bridgehead atoms. The molecule has 1 unspecified atom stereocenters. The van der Waals surface area contributed by atoms with E-state index in [-0.39, 0.29) is 24.4 Å². The van der Waals surface area contributed by atoms with Crippen LogP contribution in [0.1, 0.15) is 12.8 Å². The highest BCUT2D eigenvalue weighted by atomic mass is 35.5. The Bertz CT molecular complexity index is 498. The zero-order chi connectivity index (χ0) is 14.7. The number of hydrogen-bond acceptors (Lipinski definition) is 4. The van der Waals surface area contributed by atoms with E-state index in [0.717, 1.165) is 51.3 Å². The molecule has 2 fully saturated rings. The molecule has 0 aromatic heterocycles. The highest BCUT2D eigenvalue weighted by Gasteiger charge is 2.29.